The van der Waals surface area contributed by atoms with E-state index in [2.05, 4.69) is 31.9 Å². The third kappa shape index (κ3) is 3.30. The molecule has 0 fully saturated rings. The third-order valence-electron chi connectivity index (χ3n) is 2.70. The van der Waals surface area contributed by atoms with Crippen LogP contribution in [0.25, 0.3) is 0 Å². The van der Waals surface area contributed by atoms with Crippen LogP contribution < -0.4 is 4.74 Å². The van der Waals surface area contributed by atoms with Crippen molar-refractivity contribution in [1.82, 2.24) is 0 Å². The summed E-state index contributed by atoms with van der Waals surface area (Å²) in [4.78, 5) is 0. The van der Waals surface area contributed by atoms with Gasteiger partial charge in [0, 0.05) is 20.1 Å². The first kappa shape index (κ1) is 14.8. The molecule has 0 radical (unpaired) electrons. The highest BCUT2D eigenvalue weighted by molar-refractivity contribution is 9.10. The zero-order valence-electron chi connectivity index (χ0n) is 9.96. The fraction of sp³-hybridized carbons (Fsp3) is 0.143. The van der Waals surface area contributed by atoms with Crippen LogP contribution in [-0.2, 0) is 0 Å². The minimum absolute atomic E-state index is 0.351. The predicted octanol–water partition coefficient (Wildman–Crippen LogP) is 5.69. The molecule has 0 N–H and O–H groups in total. The average Bonchev–Trinajstić information content (AvgIpc) is 2.38. The van der Waals surface area contributed by atoms with Gasteiger partial charge in [-0.25, -0.2) is 4.39 Å². The minimum Gasteiger partial charge on any atom is -0.496 e. The molecule has 100 valence electrons. The van der Waals surface area contributed by atoms with Crippen molar-refractivity contribution in [3.05, 3.63) is 62.3 Å². The van der Waals surface area contributed by atoms with Gasteiger partial charge in [0.05, 0.1) is 12.5 Å². The molecule has 0 saturated heterocycles. The molecule has 0 spiro atoms. The fourth-order valence-electron chi connectivity index (χ4n) is 1.78. The van der Waals surface area contributed by atoms with Gasteiger partial charge in [-0.2, -0.15) is 0 Å². The molecule has 1 unspecified atom stereocenters. The van der Waals surface area contributed by atoms with Crippen molar-refractivity contribution < 1.29 is 9.13 Å². The molecule has 0 saturated carbocycles. The summed E-state index contributed by atoms with van der Waals surface area (Å²) in [5.41, 5.74) is 1.14. The van der Waals surface area contributed by atoms with Crippen molar-refractivity contribution >= 4 is 43.5 Å². The molecule has 0 aliphatic rings. The first-order valence-electron chi connectivity index (χ1n) is 5.45. The van der Waals surface area contributed by atoms with E-state index in [1.165, 1.54) is 6.07 Å². The summed E-state index contributed by atoms with van der Waals surface area (Å²) in [5.74, 6) is 0.280. The van der Waals surface area contributed by atoms with E-state index in [9.17, 15) is 4.39 Å². The maximum Gasteiger partial charge on any atom is 0.129 e. The molecule has 1 nitrogen and oxygen atoms in total. The van der Waals surface area contributed by atoms with Crippen LogP contribution in [0.1, 0.15) is 16.5 Å². The molecule has 0 heterocycles. The molecule has 0 amide bonds. The van der Waals surface area contributed by atoms with Gasteiger partial charge in [-0.05, 0) is 30.3 Å². The van der Waals surface area contributed by atoms with E-state index in [1.54, 1.807) is 25.3 Å². The highest BCUT2D eigenvalue weighted by Gasteiger charge is 2.19. The molecule has 2 aromatic rings. The smallest absolute Gasteiger partial charge is 0.129 e. The highest BCUT2D eigenvalue weighted by Crippen LogP contribution is 2.38. The molecule has 0 bridgehead atoms. The molecular formula is C14H10Br2ClFO. The van der Waals surface area contributed by atoms with Crippen molar-refractivity contribution in [1.29, 1.82) is 0 Å². The summed E-state index contributed by atoms with van der Waals surface area (Å²) < 4.78 is 20.8. The van der Waals surface area contributed by atoms with E-state index in [0.29, 0.717) is 15.8 Å². The Morgan fingerprint density at radius 3 is 2.32 bits per heavy atom. The molecule has 5 heteroatoms. The van der Waals surface area contributed by atoms with Gasteiger partial charge in [0.1, 0.15) is 11.6 Å². The van der Waals surface area contributed by atoms with Gasteiger partial charge in [0.2, 0.25) is 0 Å². The Labute approximate surface area is 133 Å². The number of methoxy groups -OCH3 is 1. The number of alkyl halides is 1. The Morgan fingerprint density at radius 2 is 1.68 bits per heavy atom. The van der Waals surface area contributed by atoms with Crippen LogP contribution in [0.4, 0.5) is 4.39 Å². The lowest BCUT2D eigenvalue weighted by Crippen LogP contribution is -2.00. The summed E-state index contributed by atoms with van der Waals surface area (Å²) in [6, 6.07) is 10.3. The summed E-state index contributed by atoms with van der Waals surface area (Å²) in [7, 11) is 1.56. The van der Waals surface area contributed by atoms with Gasteiger partial charge in [-0.1, -0.05) is 37.9 Å². The number of benzene rings is 2. The van der Waals surface area contributed by atoms with Crippen molar-refractivity contribution in [3.63, 3.8) is 0 Å². The van der Waals surface area contributed by atoms with E-state index in [1.807, 2.05) is 12.1 Å². The van der Waals surface area contributed by atoms with Crippen molar-refractivity contribution in [3.8, 4) is 5.75 Å². The zero-order chi connectivity index (χ0) is 14.0. The number of hydrogen-bond donors (Lipinski definition) is 0. The van der Waals surface area contributed by atoms with Crippen molar-refractivity contribution in [2.75, 3.05) is 7.11 Å². The predicted molar refractivity (Wildman–Crippen MR) is 82.5 cm³/mol. The molecule has 0 aromatic heterocycles. The second-order valence-electron chi connectivity index (χ2n) is 3.91. The summed E-state index contributed by atoms with van der Waals surface area (Å²) >= 11 is 13.0. The molecule has 1 atom stereocenters. The van der Waals surface area contributed by atoms with E-state index < -0.39 is 5.38 Å². The largest absolute Gasteiger partial charge is 0.496 e. The quantitative estimate of drug-likeness (QED) is 0.593. The van der Waals surface area contributed by atoms with Gasteiger partial charge in [0.25, 0.3) is 0 Å². The Bertz CT molecular complexity index is 604. The monoisotopic (exact) mass is 406 g/mol. The number of ether oxygens (including phenoxy) is 1. The highest BCUT2D eigenvalue weighted by atomic mass is 79.9. The zero-order valence-corrected chi connectivity index (χ0v) is 13.9. The van der Waals surface area contributed by atoms with Crippen LogP contribution in [0.2, 0.25) is 0 Å². The second kappa shape index (κ2) is 6.25. The van der Waals surface area contributed by atoms with Crippen LogP contribution in [0.15, 0.2) is 45.3 Å². The van der Waals surface area contributed by atoms with Crippen molar-refractivity contribution in [2.45, 2.75) is 5.38 Å². The normalized spacial score (nSPS) is 12.3. The van der Waals surface area contributed by atoms with Gasteiger partial charge >= 0.3 is 0 Å². The molecular weight excluding hydrogens is 398 g/mol. The Kier molecular flexibility index (Phi) is 4.87. The number of rotatable bonds is 3. The maximum absolute atomic E-state index is 14.0. The van der Waals surface area contributed by atoms with Crippen LogP contribution in [0, 0.1) is 5.82 Å². The van der Waals surface area contributed by atoms with Crippen LogP contribution in [-0.4, -0.2) is 7.11 Å². The molecule has 19 heavy (non-hydrogen) atoms. The molecule has 0 aliphatic carbocycles. The van der Waals surface area contributed by atoms with Gasteiger partial charge in [-0.15, -0.1) is 11.6 Å². The summed E-state index contributed by atoms with van der Waals surface area (Å²) in [6.45, 7) is 0. The van der Waals surface area contributed by atoms with Crippen LogP contribution >= 0.6 is 43.5 Å². The molecule has 2 rings (SSSR count). The standard InChI is InChI=1S/C14H10Br2ClFO/c1-19-13-5-3-8(15)6-11(13)14(17)10-4-2-9(16)7-12(10)18/h2-7,14H,1H3. The number of halogens is 4. The lowest BCUT2D eigenvalue weighted by Gasteiger charge is -2.15. The topological polar surface area (TPSA) is 9.23 Å². The van der Waals surface area contributed by atoms with Gasteiger partial charge in [0.15, 0.2) is 0 Å². The summed E-state index contributed by atoms with van der Waals surface area (Å²) in [5, 5.41) is -0.611. The van der Waals surface area contributed by atoms with Crippen LogP contribution in [0.3, 0.4) is 0 Å². The lowest BCUT2D eigenvalue weighted by atomic mass is 10.0. The maximum atomic E-state index is 14.0. The lowest BCUT2D eigenvalue weighted by molar-refractivity contribution is 0.410. The molecule has 0 aliphatic heterocycles. The SMILES string of the molecule is COc1ccc(Br)cc1C(Cl)c1ccc(Br)cc1F. The third-order valence-corrected chi connectivity index (χ3v) is 4.16. The Balaban J connectivity index is 2.49. The number of hydrogen-bond acceptors (Lipinski definition) is 1. The first-order chi connectivity index (χ1) is 9.02. The Hall–Kier alpha value is -0.580. The molecule has 2 aromatic carbocycles. The van der Waals surface area contributed by atoms with Gasteiger partial charge < -0.3 is 4.74 Å². The van der Waals surface area contributed by atoms with Crippen molar-refractivity contribution in [2.24, 2.45) is 0 Å². The van der Waals surface area contributed by atoms with E-state index >= 15 is 0 Å². The second-order valence-corrected chi connectivity index (χ2v) is 6.18. The van der Waals surface area contributed by atoms with Crippen LogP contribution in [0.5, 0.6) is 5.75 Å². The average molecular weight is 408 g/mol. The van der Waals surface area contributed by atoms with E-state index in [0.717, 1.165) is 10.0 Å². The van der Waals surface area contributed by atoms with Gasteiger partial charge in [-0.3, -0.25) is 0 Å². The fourth-order valence-corrected chi connectivity index (χ4v) is 2.84. The van der Waals surface area contributed by atoms with E-state index in [-0.39, 0.29) is 5.82 Å². The summed E-state index contributed by atoms with van der Waals surface area (Å²) in [6.07, 6.45) is 0. The van der Waals surface area contributed by atoms with E-state index in [4.69, 9.17) is 16.3 Å². The Morgan fingerprint density at radius 1 is 1.05 bits per heavy atom. The first-order valence-corrected chi connectivity index (χ1v) is 7.47. The minimum atomic E-state index is -0.611.